The third-order valence-electron chi connectivity index (χ3n) is 2.52. The molecule has 4 heteroatoms. The summed E-state index contributed by atoms with van der Waals surface area (Å²) in [6, 6.07) is 0. The van der Waals surface area contributed by atoms with Crippen LogP contribution in [-0.2, 0) is 4.79 Å². The summed E-state index contributed by atoms with van der Waals surface area (Å²) in [6.07, 6.45) is 1.23. The van der Waals surface area contributed by atoms with Crippen LogP contribution in [0.5, 0.6) is 0 Å². The number of hydrogen-bond acceptors (Lipinski definition) is 2. The Labute approximate surface area is 95.2 Å². The predicted octanol–water partition coefficient (Wildman–Crippen LogP) is 2.12. The zero-order valence-electron chi connectivity index (χ0n) is 8.81. The lowest BCUT2D eigenvalue weighted by Crippen LogP contribution is -2.40. The van der Waals surface area contributed by atoms with Crippen molar-refractivity contribution >= 4 is 29.3 Å². The van der Waals surface area contributed by atoms with E-state index in [1.807, 2.05) is 25.6 Å². The molecule has 1 atom stereocenters. The van der Waals surface area contributed by atoms with Gasteiger partial charge < -0.3 is 5.32 Å². The van der Waals surface area contributed by atoms with Crippen LogP contribution in [0.15, 0.2) is 0 Å². The molecule has 2 nitrogen and oxygen atoms in total. The van der Waals surface area contributed by atoms with Crippen LogP contribution in [0.25, 0.3) is 0 Å². The van der Waals surface area contributed by atoms with Gasteiger partial charge in [0, 0.05) is 12.4 Å². The third-order valence-corrected chi connectivity index (χ3v) is 4.42. The Morgan fingerprint density at radius 3 is 2.86 bits per heavy atom. The second kappa shape index (κ2) is 5.26. The molecule has 0 saturated carbocycles. The van der Waals surface area contributed by atoms with Gasteiger partial charge in [-0.3, -0.25) is 4.79 Å². The zero-order valence-corrected chi connectivity index (χ0v) is 10.4. The monoisotopic (exact) mass is 235 g/mol. The molecule has 82 valence electrons. The quantitative estimate of drug-likeness (QED) is 0.757. The second-order valence-electron chi connectivity index (χ2n) is 4.46. The molecular formula is C10H18ClNOS. The minimum absolute atomic E-state index is 0.0735. The van der Waals surface area contributed by atoms with E-state index in [2.05, 4.69) is 5.32 Å². The highest BCUT2D eigenvalue weighted by Crippen LogP contribution is 2.23. The van der Waals surface area contributed by atoms with E-state index < -0.39 is 5.41 Å². The normalized spacial score (nSPS) is 22.4. The molecule has 0 aromatic rings. The summed E-state index contributed by atoms with van der Waals surface area (Å²) in [6.45, 7) is 4.56. The van der Waals surface area contributed by atoms with Crippen molar-refractivity contribution in [2.24, 2.45) is 11.3 Å². The summed E-state index contributed by atoms with van der Waals surface area (Å²) in [4.78, 5) is 11.7. The first-order chi connectivity index (χ1) is 6.56. The first kappa shape index (κ1) is 12.2. The molecule has 1 heterocycles. The number of halogens is 1. The van der Waals surface area contributed by atoms with Crippen LogP contribution in [-0.4, -0.2) is 29.8 Å². The molecule has 1 fully saturated rings. The van der Waals surface area contributed by atoms with Gasteiger partial charge in [-0.2, -0.15) is 11.8 Å². The molecule has 0 aromatic carbocycles. The number of amides is 1. The van der Waals surface area contributed by atoms with Crippen LogP contribution >= 0.6 is 23.4 Å². The van der Waals surface area contributed by atoms with E-state index in [9.17, 15) is 4.79 Å². The molecule has 0 bridgehead atoms. The van der Waals surface area contributed by atoms with Gasteiger partial charge in [-0.05, 0) is 37.7 Å². The van der Waals surface area contributed by atoms with Gasteiger partial charge in [0.25, 0.3) is 0 Å². The van der Waals surface area contributed by atoms with Crippen LogP contribution in [0, 0.1) is 11.3 Å². The van der Waals surface area contributed by atoms with E-state index >= 15 is 0 Å². The van der Waals surface area contributed by atoms with E-state index in [-0.39, 0.29) is 5.91 Å². The summed E-state index contributed by atoms with van der Waals surface area (Å²) in [5, 5.41) is 2.98. The smallest absolute Gasteiger partial charge is 0.226 e. The van der Waals surface area contributed by atoms with Crippen molar-refractivity contribution in [2.45, 2.75) is 20.3 Å². The van der Waals surface area contributed by atoms with Gasteiger partial charge >= 0.3 is 0 Å². The van der Waals surface area contributed by atoms with Crippen molar-refractivity contribution in [1.82, 2.24) is 5.32 Å². The highest BCUT2D eigenvalue weighted by Gasteiger charge is 2.27. The Morgan fingerprint density at radius 1 is 1.64 bits per heavy atom. The number of hydrogen-bond donors (Lipinski definition) is 1. The van der Waals surface area contributed by atoms with E-state index in [0.29, 0.717) is 11.8 Å². The summed E-state index contributed by atoms with van der Waals surface area (Å²) in [7, 11) is 0. The van der Waals surface area contributed by atoms with Crippen molar-refractivity contribution in [1.29, 1.82) is 0 Å². The molecule has 1 saturated heterocycles. The second-order valence-corrected chi connectivity index (χ2v) is 5.87. The third kappa shape index (κ3) is 3.35. The Kier molecular flexibility index (Phi) is 4.58. The molecule has 0 spiro atoms. The lowest BCUT2D eigenvalue weighted by molar-refractivity contribution is -0.128. The highest BCUT2D eigenvalue weighted by molar-refractivity contribution is 7.99. The van der Waals surface area contributed by atoms with Crippen molar-refractivity contribution in [3.63, 3.8) is 0 Å². The Balaban J connectivity index is 2.26. The molecule has 1 amide bonds. The maximum atomic E-state index is 11.7. The minimum atomic E-state index is -0.437. The van der Waals surface area contributed by atoms with Crippen LogP contribution < -0.4 is 5.32 Å². The molecule has 1 unspecified atom stereocenters. The Morgan fingerprint density at radius 2 is 2.36 bits per heavy atom. The Bertz CT molecular complexity index is 202. The maximum Gasteiger partial charge on any atom is 0.226 e. The van der Waals surface area contributed by atoms with Crippen LogP contribution in [0.1, 0.15) is 20.3 Å². The number of thioether (sulfide) groups is 1. The summed E-state index contributed by atoms with van der Waals surface area (Å²) in [5.74, 6) is 3.53. The number of carbonyl (C=O) groups excluding carboxylic acids is 1. The number of alkyl halides is 1. The van der Waals surface area contributed by atoms with Crippen LogP contribution in [0.3, 0.4) is 0 Å². The number of carbonyl (C=O) groups is 1. The van der Waals surface area contributed by atoms with Crippen LogP contribution in [0.4, 0.5) is 0 Å². The van der Waals surface area contributed by atoms with Crippen molar-refractivity contribution in [3.05, 3.63) is 0 Å². The van der Waals surface area contributed by atoms with Gasteiger partial charge in [-0.25, -0.2) is 0 Å². The first-order valence-electron chi connectivity index (χ1n) is 4.98. The largest absolute Gasteiger partial charge is 0.355 e. The van der Waals surface area contributed by atoms with Gasteiger partial charge in [0.2, 0.25) is 5.91 Å². The van der Waals surface area contributed by atoms with Gasteiger partial charge in [0.15, 0.2) is 0 Å². The number of nitrogens with one attached hydrogen (secondary N) is 1. The highest BCUT2D eigenvalue weighted by atomic mass is 35.5. The average molecular weight is 236 g/mol. The molecule has 1 aliphatic heterocycles. The summed E-state index contributed by atoms with van der Waals surface area (Å²) >= 11 is 7.69. The molecule has 1 rings (SSSR count). The van der Waals surface area contributed by atoms with E-state index in [1.54, 1.807) is 0 Å². The predicted molar refractivity (Wildman–Crippen MR) is 62.9 cm³/mol. The maximum absolute atomic E-state index is 11.7. The van der Waals surface area contributed by atoms with Gasteiger partial charge in [-0.15, -0.1) is 11.6 Å². The lowest BCUT2D eigenvalue weighted by atomic mass is 9.95. The van der Waals surface area contributed by atoms with Gasteiger partial charge in [-0.1, -0.05) is 0 Å². The number of rotatable bonds is 4. The average Bonchev–Trinajstić information content (AvgIpc) is 2.66. The van der Waals surface area contributed by atoms with E-state index in [0.717, 1.165) is 6.54 Å². The van der Waals surface area contributed by atoms with Crippen molar-refractivity contribution < 1.29 is 4.79 Å². The van der Waals surface area contributed by atoms with Gasteiger partial charge in [0.1, 0.15) is 0 Å². The van der Waals surface area contributed by atoms with Gasteiger partial charge in [0.05, 0.1) is 5.41 Å². The topological polar surface area (TPSA) is 29.1 Å². The SMILES string of the molecule is CC(C)(CCl)C(=O)NCC1CCSC1. The summed E-state index contributed by atoms with van der Waals surface area (Å²) < 4.78 is 0. The summed E-state index contributed by atoms with van der Waals surface area (Å²) in [5.41, 5.74) is -0.437. The fraction of sp³-hybridized carbons (Fsp3) is 0.900. The Hall–Kier alpha value is 0.110. The first-order valence-corrected chi connectivity index (χ1v) is 6.67. The molecule has 1 aliphatic rings. The molecular weight excluding hydrogens is 218 g/mol. The fourth-order valence-electron chi connectivity index (χ4n) is 1.28. The molecule has 0 radical (unpaired) electrons. The fourth-order valence-corrected chi connectivity index (χ4v) is 2.69. The standard InChI is InChI=1S/C10H18ClNOS/c1-10(2,7-11)9(13)12-5-8-3-4-14-6-8/h8H,3-7H2,1-2H3,(H,12,13). The van der Waals surface area contributed by atoms with E-state index in [1.165, 1.54) is 17.9 Å². The van der Waals surface area contributed by atoms with Crippen molar-refractivity contribution in [3.8, 4) is 0 Å². The van der Waals surface area contributed by atoms with E-state index in [4.69, 9.17) is 11.6 Å². The molecule has 14 heavy (non-hydrogen) atoms. The molecule has 0 aliphatic carbocycles. The van der Waals surface area contributed by atoms with Crippen molar-refractivity contribution in [2.75, 3.05) is 23.9 Å². The van der Waals surface area contributed by atoms with Crippen LogP contribution in [0.2, 0.25) is 0 Å². The zero-order chi connectivity index (χ0) is 10.6. The molecule has 1 N–H and O–H groups in total. The lowest BCUT2D eigenvalue weighted by Gasteiger charge is -2.21. The molecule has 0 aromatic heterocycles. The minimum Gasteiger partial charge on any atom is -0.355 e.